The van der Waals surface area contributed by atoms with Crippen LogP contribution >= 0.6 is 0 Å². The Balaban J connectivity index is 1.65. The Kier molecular flexibility index (Phi) is 4.32. The summed E-state index contributed by atoms with van der Waals surface area (Å²) in [5.41, 5.74) is 0.666. The van der Waals surface area contributed by atoms with Crippen molar-refractivity contribution in [2.24, 2.45) is 0 Å². The SMILES string of the molecule is O=C(c1cn[nH]c1)N1CCCC[C@H]1CN1CCOCC1. The number of aromatic nitrogens is 2. The van der Waals surface area contributed by atoms with Crippen molar-refractivity contribution in [3.63, 3.8) is 0 Å². The second kappa shape index (κ2) is 6.37. The maximum absolute atomic E-state index is 12.5. The summed E-state index contributed by atoms with van der Waals surface area (Å²) in [6.45, 7) is 5.39. The van der Waals surface area contributed by atoms with Crippen LogP contribution < -0.4 is 0 Å². The zero-order valence-electron chi connectivity index (χ0n) is 11.8. The van der Waals surface area contributed by atoms with Gasteiger partial charge in [0, 0.05) is 38.4 Å². The predicted octanol–water partition coefficient (Wildman–Crippen LogP) is 0.737. The van der Waals surface area contributed by atoms with Crippen LogP contribution in [0, 0.1) is 0 Å². The molecule has 0 aliphatic carbocycles. The molecule has 2 aliphatic heterocycles. The van der Waals surface area contributed by atoms with Gasteiger partial charge in [-0.05, 0) is 19.3 Å². The first-order valence-corrected chi connectivity index (χ1v) is 7.44. The molecule has 6 heteroatoms. The Bertz CT molecular complexity index is 428. The van der Waals surface area contributed by atoms with Crippen LogP contribution in [-0.2, 0) is 4.74 Å². The van der Waals surface area contributed by atoms with Gasteiger partial charge in [0.25, 0.3) is 5.91 Å². The molecule has 6 nitrogen and oxygen atoms in total. The second-order valence-corrected chi connectivity index (χ2v) is 5.55. The fourth-order valence-electron chi connectivity index (χ4n) is 3.07. The van der Waals surface area contributed by atoms with E-state index in [4.69, 9.17) is 4.74 Å². The molecule has 2 aliphatic rings. The number of carbonyl (C=O) groups excluding carboxylic acids is 1. The van der Waals surface area contributed by atoms with E-state index in [-0.39, 0.29) is 5.91 Å². The van der Waals surface area contributed by atoms with E-state index in [2.05, 4.69) is 15.1 Å². The number of ether oxygens (including phenoxy) is 1. The lowest BCUT2D eigenvalue weighted by Gasteiger charge is -2.39. The van der Waals surface area contributed by atoms with Crippen LogP contribution in [0.4, 0.5) is 0 Å². The fourth-order valence-corrected chi connectivity index (χ4v) is 3.07. The van der Waals surface area contributed by atoms with E-state index in [1.165, 1.54) is 6.42 Å². The van der Waals surface area contributed by atoms with Crippen molar-refractivity contribution in [3.8, 4) is 0 Å². The van der Waals surface area contributed by atoms with Gasteiger partial charge in [0.05, 0.1) is 25.0 Å². The normalized spacial score (nSPS) is 24.8. The number of hydrogen-bond donors (Lipinski definition) is 1. The second-order valence-electron chi connectivity index (χ2n) is 5.55. The van der Waals surface area contributed by atoms with Gasteiger partial charge >= 0.3 is 0 Å². The molecule has 0 bridgehead atoms. The lowest BCUT2D eigenvalue weighted by Crippen LogP contribution is -2.51. The van der Waals surface area contributed by atoms with Crippen molar-refractivity contribution in [2.75, 3.05) is 39.4 Å². The third kappa shape index (κ3) is 3.02. The third-order valence-electron chi connectivity index (χ3n) is 4.21. The summed E-state index contributed by atoms with van der Waals surface area (Å²) in [6.07, 6.45) is 6.71. The molecule has 20 heavy (non-hydrogen) atoms. The van der Waals surface area contributed by atoms with Gasteiger partial charge in [-0.1, -0.05) is 0 Å². The Labute approximate surface area is 119 Å². The van der Waals surface area contributed by atoms with Crippen molar-refractivity contribution in [3.05, 3.63) is 18.0 Å². The molecule has 0 aromatic carbocycles. The minimum absolute atomic E-state index is 0.108. The number of piperidine rings is 1. The van der Waals surface area contributed by atoms with Crippen LogP contribution in [0.15, 0.2) is 12.4 Å². The molecule has 1 atom stereocenters. The first kappa shape index (κ1) is 13.6. The van der Waals surface area contributed by atoms with Gasteiger partial charge in [-0.15, -0.1) is 0 Å². The zero-order chi connectivity index (χ0) is 13.8. The third-order valence-corrected chi connectivity index (χ3v) is 4.21. The van der Waals surface area contributed by atoms with Gasteiger partial charge in [-0.2, -0.15) is 5.10 Å². The van der Waals surface area contributed by atoms with Gasteiger partial charge in [-0.25, -0.2) is 0 Å². The van der Waals surface area contributed by atoms with E-state index in [1.54, 1.807) is 12.4 Å². The Morgan fingerprint density at radius 3 is 2.95 bits per heavy atom. The monoisotopic (exact) mass is 278 g/mol. The van der Waals surface area contributed by atoms with Crippen molar-refractivity contribution in [2.45, 2.75) is 25.3 Å². The number of aromatic amines is 1. The molecule has 3 heterocycles. The molecule has 0 unspecified atom stereocenters. The van der Waals surface area contributed by atoms with Crippen LogP contribution in [0.25, 0.3) is 0 Å². The first-order valence-electron chi connectivity index (χ1n) is 7.44. The van der Waals surface area contributed by atoms with Gasteiger partial charge in [0.1, 0.15) is 0 Å². The van der Waals surface area contributed by atoms with Crippen LogP contribution in [0.2, 0.25) is 0 Å². The highest BCUT2D eigenvalue weighted by atomic mass is 16.5. The van der Waals surface area contributed by atoms with Crippen molar-refractivity contribution >= 4 is 5.91 Å². The van der Waals surface area contributed by atoms with Crippen LogP contribution in [0.1, 0.15) is 29.6 Å². The van der Waals surface area contributed by atoms with E-state index in [1.807, 2.05) is 4.90 Å². The molecule has 1 aromatic rings. The number of likely N-dealkylation sites (tertiary alicyclic amines) is 1. The summed E-state index contributed by atoms with van der Waals surface area (Å²) in [7, 11) is 0. The molecule has 3 rings (SSSR count). The van der Waals surface area contributed by atoms with Crippen molar-refractivity contribution in [1.82, 2.24) is 20.0 Å². The molecule has 110 valence electrons. The zero-order valence-corrected chi connectivity index (χ0v) is 11.8. The number of H-pyrrole nitrogens is 1. The lowest BCUT2D eigenvalue weighted by atomic mass is 10.0. The Morgan fingerprint density at radius 1 is 1.35 bits per heavy atom. The molecule has 2 saturated heterocycles. The van der Waals surface area contributed by atoms with Gasteiger partial charge in [0.2, 0.25) is 0 Å². The van der Waals surface area contributed by atoms with Gasteiger partial charge < -0.3 is 9.64 Å². The summed E-state index contributed by atoms with van der Waals surface area (Å²) in [5, 5.41) is 6.60. The highest BCUT2D eigenvalue weighted by Gasteiger charge is 2.29. The van der Waals surface area contributed by atoms with E-state index >= 15 is 0 Å². The van der Waals surface area contributed by atoms with Crippen LogP contribution in [0.5, 0.6) is 0 Å². The minimum Gasteiger partial charge on any atom is -0.379 e. The molecule has 1 N–H and O–H groups in total. The Hall–Kier alpha value is -1.40. The maximum atomic E-state index is 12.5. The van der Waals surface area contributed by atoms with Gasteiger partial charge in [-0.3, -0.25) is 14.8 Å². The maximum Gasteiger partial charge on any atom is 0.257 e. The molecule has 0 radical (unpaired) electrons. The van der Waals surface area contributed by atoms with E-state index in [0.29, 0.717) is 11.6 Å². The smallest absolute Gasteiger partial charge is 0.257 e. The molecular weight excluding hydrogens is 256 g/mol. The summed E-state index contributed by atoms with van der Waals surface area (Å²) < 4.78 is 5.39. The molecule has 0 spiro atoms. The average Bonchev–Trinajstić information content (AvgIpc) is 3.02. The molecular formula is C14H22N4O2. The highest BCUT2D eigenvalue weighted by molar-refractivity contribution is 5.94. The standard InChI is InChI=1S/C14H22N4O2/c19-14(12-9-15-16-10-12)18-4-2-1-3-13(18)11-17-5-7-20-8-6-17/h9-10,13H,1-8,11H2,(H,15,16)/t13-/m0/s1. The first-order chi connectivity index (χ1) is 9.84. The summed E-state index contributed by atoms with van der Waals surface area (Å²) in [6, 6.07) is 0.323. The number of rotatable bonds is 3. The van der Waals surface area contributed by atoms with Crippen molar-refractivity contribution < 1.29 is 9.53 Å². The topological polar surface area (TPSA) is 61.5 Å². The number of amides is 1. The summed E-state index contributed by atoms with van der Waals surface area (Å²) in [4.78, 5) is 17.0. The van der Waals surface area contributed by atoms with Crippen molar-refractivity contribution in [1.29, 1.82) is 0 Å². The number of nitrogens with zero attached hydrogens (tertiary/aromatic N) is 3. The summed E-state index contributed by atoms with van der Waals surface area (Å²) in [5.74, 6) is 0.108. The predicted molar refractivity (Wildman–Crippen MR) is 74.5 cm³/mol. The average molecular weight is 278 g/mol. The number of morpholine rings is 1. The molecule has 0 saturated carbocycles. The largest absolute Gasteiger partial charge is 0.379 e. The molecule has 1 amide bonds. The van der Waals surface area contributed by atoms with E-state index in [0.717, 1.165) is 52.2 Å². The Morgan fingerprint density at radius 2 is 2.20 bits per heavy atom. The number of carbonyl (C=O) groups is 1. The quantitative estimate of drug-likeness (QED) is 0.886. The van der Waals surface area contributed by atoms with E-state index in [9.17, 15) is 4.79 Å². The fraction of sp³-hybridized carbons (Fsp3) is 0.714. The van der Waals surface area contributed by atoms with E-state index < -0.39 is 0 Å². The van der Waals surface area contributed by atoms with Crippen LogP contribution in [-0.4, -0.2) is 71.3 Å². The molecule has 1 aromatic heterocycles. The lowest BCUT2D eigenvalue weighted by molar-refractivity contribution is 0.0166. The van der Waals surface area contributed by atoms with Gasteiger partial charge in [0.15, 0.2) is 0 Å². The molecule has 2 fully saturated rings. The number of nitrogens with one attached hydrogen (secondary N) is 1. The minimum atomic E-state index is 0.108. The summed E-state index contributed by atoms with van der Waals surface area (Å²) >= 11 is 0. The van der Waals surface area contributed by atoms with Crippen LogP contribution in [0.3, 0.4) is 0 Å². The number of hydrogen-bond acceptors (Lipinski definition) is 4. The highest BCUT2D eigenvalue weighted by Crippen LogP contribution is 2.20.